The molecular weight excluding hydrogens is 224 g/mol. The molecule has 2 N–H and O–H groups in total. The normalized spacial score (nSPS) is 17.9. The Labute approximate surface area is 112 Å². The highest BCUT2D eigenvalue weighted by Crippen LogP contribution is 2.28. The van der Waals surface area contributed by atoms with Crippen molar-refractivity contribution in [3.63, 3.8) is 0 Å². The Balaban J connectivity index is 4.56. The van der Waals surface area contributed by atoms with Crippen molar-refractivity contribution < 1.29 is 10.2 Å². The minimum Gasteiger partial charge on any atom is -0.393 e. The van der Waals surface area contributed by atoms with Crippen molar-refractivity contribution in [3.8, 4) is 0 Å². The molecule has 0 aromatic heterocycles. The quantitative estimate of drug-likeness (QED) is 0.616. The second-order valence-corrected chi connectivity index (χ2v) is 5.43. The summed E-state index contributed by atoms with van der Waals surface area (Å²) in [5.41, 5.74) is 2.05. The maximum absolute atomic E-state index is 9.99. The van der Waals surface area contributed by atoms with Crippen molar-refractivity contribution in [2.75, 3.05) is 0 Å². The third-order valence-electron chi connectivity index (χ3n) is 3.82. The Morgan fingerprint density at radius 1 is 0.833 bits per heavy atom. The van der Waals surface area contributed by atoms with Gasteiger partial charge in [-0.3, -0.25) is 0 Å². The molecule has 0 bridgehead atoms. The van der Waals surface area contributed by atoms with E-state index in [9.17, 15) is 10.2 Å². The fraction of sp³-hybridized carbons (Fsp3) is 0.750. The van der Waals surface area contributed by atoms with Gasteiger partial charge in [0.2, 0.25) is 0 Å². The molecule has 0 heterocycles. The van der Waals surface area contributed by atoms with Gasteiger partial charge in [0.05, 0.1) is 12.2 Å². The van der Waals surface area contributed by atoms with Crippen LogP contribution in [0.15, 0.2) is 24.3 Å². The summed E-state index contributed by atoms with van der Waals surface area (Å²) in [6.07, 6.45) is 2.55. The number of hydrogen-bond acceptors (Lipinski definition) is 2. The number of hydrogen-bond donors (Lipinski definition) is 2. The Morgan fingerprint density at radius 2 is 1.11 bits per heavy atom. The molecule has 4 atom stereocenters. The smallest absolute Gasteiger partial charge is 0.0602 e. The van der Waals surface area contributed by atoms with Crippen molar-refractivity contribution >= 4 is 0 Å². The minimum atomic E-state index is -0.327. The first-order chi connectivity index (χ1) is 8.34. The maximum Gasteiger partial charge on any atom is 0.0602 e. The highest BCUT2D eigenvalue weighted by Gasteiger charge is 2.23. The second kappa shape index (κ2) is 8.49. The standard InChI is InChI=1S/C16H30O2/c1-7-15(17)13(11(3)4)9-10-14(12(5)6)16(18)8-2/h13-18H,3,5,7-10H2,1-2,4,6H3. The van der Waals surface area contributed by atoms with Crippen molar-refractivity contribution in [3.05, 3.63) is 24.3 Å². The molecule has 0 saturated carbocycles. The van der Waals surface area contributed by atoms with Crippen LogP contribution in [0.5, 0.6) is 0 Å². The molecule has 2 nitrogen and oxygen atoms in total. The molecule has 0 aliphatic heterocycles. The Hall–Kier alpha value is -0.600. The van der Waals surface area contributed by atoms with Gasteiger partial charge in [-0.1, -0.05) is 38.2 Å². The lowest BCUT2D eigenvalue weighted by Crippen LogP contribution is -2.25. The topological polar surface area (TPSA) is 40.5 Å². The molecule has 2 heteroatoms. The van der Waals surface area contributed by atoms with Gasteiger partial charge < -0.3 is 10.2 Å². The summed E-state index contributed by atoms with van der Waals surface area (Å²) in [6.45, 7) is 15.8. The van der Waals surface area contributed by atoms with Crippen LogP contribution in [-0.2, 0) is 0 Å². The van der Waals surface area contributed by atoms with Gasteiger partial charge in [-0.2, -0.15) is 0 Å². The van der Waals surface area contributed by atoms with Gasteiger partial charge in [0.1, 0.15) is 0 Å². The van der Waals surface area contributed by atoms with Crippen LogP contribution in [0, 0.1) is 11.8 Å². The lowest BCUT2D eigenvalue weighted by Gasteiger charge is -2.27. The van der Waals surface area contributed by atoms with Crippen LogP contribution in [0.3, 0.4) is 0 Å². The van der Waals surface area contributed by atoms with Crippen LogP contribution >= 0.6 is 0 Å². The van der Waals surface area contributed by atoms with Gasteiger partial charge in [0.15, 0.2) is 0 Å². The average molecular weight is 254 g/mol. The molecule has 4 unspecified atom stereocenters. The molecule has 0 aliphatic rings. The first-order valence-corrected chi connectivity index (χ1v) is 7.01. The summed E-state index contributed by atoms with van der Waals surface area (Å²) in [5, 5.41) is 20.0. The molecule has 0 aliphatic carbocycles. The molecule has 0 aromatic carbocycles. The highest BCUT2D eigenvalue weighted by molar-refractivity contribution is 5.03. The van der Waals surface area contributed by atoms with E-state index < -0.39 is 0 Å². The lowest BCUT2D eigenvalue weighted by atomic mass is 9.82. The molecule has 0 saturated heterocycles. The van der Waals surface area contributed by atoms with Crippen LogP contribution in [0.1, 0.15) is 53.4 Å². The monoisotopic (exact) mass is 254 g/mol. The average Bonchev–Trinajstić information content (AvgIpc) is 2.31. The summed E-state index contributed by atoms with van der Waals surface area (Å²) < 4.78 is 0. The Kier molecular flexibility index (Phi) is 8.21. The Morgan fingerprint density at radius 3 is 1.28 bits per heavy atom. The predicted octanol–water partition coefficient (Wildman–Crippen LogP) is 3.69. The van der Waals surface area contributed by atoms with Crippen LogP contribution in [0.2, 0.25) is 0 Å². The largest absolute Gasteiger partial charge is 0.393 e. The van der Waals surface area contributed by atoms with Crippen molar-refractivity contribution in [1.29, 1.82) is 0 Å². The highest BCUT2D eigenvalue weighted by atomic mass is 16.3. The van der Waals surface area contributed by atoms with E-state index in [1.54, 1.807) is 0 Å². The van der Waals surface area contributed by atoms with Gasteiger partial charge >= 0.3 is 0 Å². The summed E-state index contributed by atoms with van der Waals surface area (Å²) in [5.74, 6) is 0.252. The van der Waals surface area contributed by atoms with Gasteiger partial charge in [-0.05, 0) is 39.5 Å². The minimum absolute atomic E-state index is 0.126. The van der Waals surface area contributed by atoms with Crippen molar-refractivity contribution in [2.45, 2.75) is 65.6 Å². The van der Waals surface area contributed by atoms with Gasteiger partial charge in [-0.25, -0.2) is 0 Å². The van der Waals surface area contributed by atoms with E-state index in [-0.39, 0.29) is 24.0 Å². The van der Waals surface area contributed by atoms with Crippen molar-refractivity contribution in [1.82, 2.24) is 0 Å². The van der Waals surface area contributed by atoms with Crippen molar-refractivity contribution in [2.24, 2.45) is 11.8 Å². The summed E-state index contributed by atoms with van der Waals surface area (Å²) >= 11 is 0. The predicted molar refractivity (Wildman–Crippen MR) is 78.4 cm³/mol. The molecule has 0 spiro atoms. The van der Waals surface area contributed by atoms with Crippen LogP contribution < -0.4 is 0 Å². The SMILES string of the molecule is C=C(C)C(CCC(C(=C)C)C(O)CC)C(O)CC. The maximum atomic E-state index is 9.99. The van der Waals surface area contributed by atoms with Gasteiger partial charge in [-0.15, -0.1) is 0 Å². The molecule has 0 amide bonds. The van der Waals surface area contributed by atoms with E-state index in [1.165, 1.54) is 0 Å². The van der Waals surface area contributed by atoms with Crippen LogP contribution in [0.4, 0.5) is 0 Å². The third kappa shape index (κ3) is 5.36. The van der Waals surface area contributed by atoms with E-state index in [2.05, 4.69) is 13.2 Å². The molecule has 0 aromatic rings. The van der Waals surface area contributed by atoms with Gasteiger partial charge in [0.25, 0.3) is 0 Å². The van der Waals surface area contributed by atoms with E-state index in [4.69, 9.17) is 0 Å². The summed E-state index contributed by atoms with van der Waals surface area (Å²) in [6, 6.07) is 0. The number of aliphatic hydroxyl groups excluding tert-OH is 2. The molecule has 106 valence electrons. The molecule has 0 fully saturated rings. The number of rotatable bonds is 9. The number of aliphatic hydroxyl groups is 2. The molecule has 18 heavy (non-hydrogen) atoms. The summed E-state index contributed by atoms with van der Waals surface area (Å²) in [4.78, 5) is 0. The molecule has 0 rings (SSSR count). The van der Waals surface area contributed by atoms with E-state index in [0.29, 0.717) is 0 Å². The van der Waals surface area contributed by atoms with Gasteiger partial charge in [0, 0.05) is 11.8 Å². The zero-order valence-electron chi connectivity index (χ0n) is 12.4. The van der Waals surface area contributed by atoms with E-state index in [1.807, 2.05) is 27.7 Å². The lowest BCUT2D eigenvalue weighted by molar-refractivity contribution is 0.0908. The van der Waals surface area contributed by atoms with Crippen LogP contribution in [0.25, 0.3) is 0 Å². The van der Waals surface area contributed by atoms with E-state index >= 15 is 0 Å². The third-order valence-corrected chi connectivity index (χ3v) is 3.82. The first-order valence-electron chi connectivity index (χ1n) is 7.01. The Bertz CT molecular complexity index is 242. The van der Waals surface area contributed by atoms with E-state index in [0.717, 1.165) is 36.8 Å². The first kappa shape index (κ1) is 17.4. The molecule has 0 radical (unpaired) electrons. The van der Waals surface area contributed by atoms with Crippen LogP contribution in [-0.4, -0.2) is 22.4 Å². The fourth-order valence-corrected chi connectivity index (χ4v) is 2.46. The summed E-state index contributed by atoms with van der Waals surface area (Å²) in [7, 11) is 0. The zero-order valence-corrected chi connectivity index (χ0v) is 12.4. The zero-order chi connectivity index (χ0) is 14.3. The fourth-order valence-electron chi connectivity index (χ4n) is 2.46. The second-order valence-electron chi connectivity index (χ2n) is 5.43. The molecular formula is C16H30O2.